The Balaban J connectivity index is 1.84. The smallest absolute Gasteiger partial charge is 0.268 e. The highest BCUT2D eigenvalue weighted by molar-refractivity contribution is 7.89. The first kappa shape index (κ1) is 21.1. The molecule has 1 aliphatic heterocycles. The van der Waals surface area contributed by atoms with E-state index in [-0.39, 0.29) is 10.8 Å². The lowest BCUT2D eigenvalue weighted by molar-refractivity contribution is -0.125. The maximum Gasteiger partial charge on any atom is 0.268 e. The van der Waals surface area contributed by atoms with Crippen molar-refractivity contribution >= 4 is 21.6 Å². The number of fused-ring (bicyclic) bond motifs is 1. The topological polar surface area (TPSA) is 76.1 Å². The monoisotopic (exact) mass is 418 g/mol. The molecule has 2 aromatic rings. The van der Waals surface area contributed by atoms with Gasteiger partial charge in [-0.15, -0.1) is 0 Å². The summed E-state index contributed by atoms with van der Waals surface area (Å²) in [5.41, 5.74) is 1.57. The van der Waals surface area contributed by atoms with Crippen molar-refractivity contribution in [1.82, 2.24) is 4.31 Å². The fraction of sp³-hybridized carbons (Fsp3) is 0.381. The maximum absolute atomic E-state index is 13.2. The van der Waals surface area contributed by atoms with Gasteiger partial charge in [-0.05, 0) is 48.7 Å². The lowest BCUT2D eigenvalue weighted by atomic mass is 10.1. The van der Waals surface area contributed by atoms with Gasteiger partial charge in [-0.3, -0.25) is 4.79 Å². The highest BCUT2D eigenvalue weighted by Gasteiger charge is 2.32. The second-order valence-corrected chi connectivity index (χ2v) is 9.14. The lowest BCUT2D eigenvalue weighted by Gasteiger charge is -2.25. The Morgan fingerprint density at radius 2 is 1.86 bits per heavy atom. The number of anilines is 1. The number of carbonyl (C=O) groups is 1. The summed E-state index contributed by atoms with van der Waals surface area (Å²) in [5, 5.41) is 0. The van der Waals surface area contributed by atoms with Gasteiger partial charge in [0, 0.05) is 26.3 Å². The summed E-state index contributed by atoms with van der Waals surface area (Å²) in [7, 11) is 1.04. The van der Waals surface area contributed by atoms with Crippen LogP contribution in [0.5, 0.6) is 11.5 Å². The molecule has 1 amide bonds. The minimum atomic E-state index is -3.51. The summed E-state index contributed by atoms with van der Waals surface area (Å²) in [5.74, 6) is 0.932. The summed E-state index contributed by atoms with van der Waals surface area (Å²) < 4.78 is 37.2. The zero-order valence-corrected chi connectivity index (χ0v) is 17.9. The van der Waals surface area contributed by atoms with Crippen molar-refractivity contribution in [2.75, 3.05) is 32.6 Å². The molecule has 0 unspecified atom stereocenters. The second-order valence-electron chi connectivity index (χ2n) is 6.98. The number of para-hydroxylation sites is 2. The predicted molar refractivity (Wildman–Crippen MR) is 111 cm³/mol. The van der Waals surface area contributed by atoms with Gasteiger partial charge in [-0.1, -0.05) is 19.1 Å². The van der Waals surface area contributed by atoms with Crippen LogP contribution in [0.1, 0.15) is 18.9 Å². The number of ether oxygens (including phenoxy) is 2. The van der Waals surface area contributed by atoms with E-state index in [9.17, 15) is 13.2 Å². The Kier molecular flexibility index (Phi) is 6.14. The van der Waals surface area contributed by atoms with E-state index in [1.807, 2.05) is 19.1 Å². The van der Waals surface area contributed by atoms with Gasteiger partial charge >= 0.3 is 0 Å². The van der Waals surface area contributed by atoms with Crippen molar-refractivity contribution in [2.24, 2.45) is 0 Å². The molecule has 0 spiro atoms. The fourth-order valence-corrected chi connectivity index (χ4v) is 4.28. The molecular formula is C21H26N2O5S. The summed E-state index contributed by atoms with van der Waals surface area (Å²) in [6, 6.07) is 12.1. The SMILES string of the molecule is CC[C@H](Oc1ccccc1OC)C(=O)N1CCc2cc(S(=O)(=O)N(C)C)ccc21. The quantitative estimate of drug-likeness (QED) is 0.691. The molecule has 3 rings (SSSR count). The van der Waals surface area contributed by atoms with Crippen molar-refractivity contribution in [2.45, 2.75) is 30.8 Å². The molecule has 0 saturated heterocycles. The Morgan fingerprint density at radius 1 is 1.17 bits per heavy atom. The molecule has 1 atom stereocenters. The van der Waals surface area contributed by atoms with E-state index in [0.717, 1.165) is 11.3 Å². The number of hydrogen-bond donors (Lipinski definition) is 0. The minimum Gasteiger partial charge on any atom is -0.493 e. The average molecular weight is 419 g/mol. The largest absolute Gasteiger partial charge is 0.493 e. The van der Waals surface area contributed by atoms with Crippen LogP contribution >= 0.6 is 0 Å². The van der Waals surface area contributed by atoms with Gasteiger partial charge in [-0.2, -0.15) is 0 Å². The van der Waals surface area contributed by atoms with Crippen molar-refractivity contribution in [1.29, 1.82) is 0 Å². The lowest BCUT2D eigenvalue weighted by Crippen LogP contribution is -2.41. The van der Waals surface area contributed by atoms with E-state index in [4.69, 9.17) is 9.47 Å². The Labute approximate surface area is 171 Å². The molecule has 0 fully saturated rings. The molecule has 0 saturated carbocycles. The van der Waals surface area contributed by atoms with Crippen LogP contribution in [-0.2, 0) is 21.2 Å². The van der Waals surface area contributed by atoms with Gasteiger partial charge in [0.1, 0.15) is 0 Å². The molecule has 2 aromatic carbocycles. The Bertz CT molecular complexity index is 1000. The van der Waals surface area contributed by atoms with Crippen LogP contribution in [0.2, 0.25) is 0 Å². The van der Waals surface area contributed by atoms with Crippen LogP contribution in [0.25, 0.3) is 0 Å². The van der Waals surface area contributed by atoms with Gasteiger partial charge < -0.3 is 14.4 Å². The van der Waals surface area contributed by atoms with Gasteiger partial charge in [-0.25, -0.2) is 12.7 Å². The normalized spacial score (nSPS) is 14.6. The van der Waals surface area contributed by atoms with Gasteiger partial charge in [0.15, 0.2) is 17.6 Å². The van der Waals surface area contributed by atoms with Gasteiger partial charge in [0.05, 0.1) is 12.0 Å². The summed E-state index contributed by atoms with van der Waals surface area (Å²) in [4.78, 5) is 15.1. The number of nitrogens with zero attached hydrogens (tertiary/aromatic N) is 2. The molecule has 1 aliphatic rings. The Hall–Kier alpha value is -2.58. The van der Waals surface area contributed by atoms with Crippen LogP contribution in [0.15, 0.2) is 47.4 Å². The van der Waals surface area contributed by atoms with Crippen molar-refractivity contribution < 1.29 is 22.7 Å². The molecule has 0 bridgehead atoms. The van der Waals surface area contributed by atoms with E-state index in [2.05, 4.69) is 0 Å². The third-order valence-corrected chi connectivity index (χ3v) is 6.79. The van der Waals surface area contributed by atoms with E-state index in [1.165, 1.54) is 18.4 Å². The number of rotatable bonds is 7. The van der Waals surface area contributed by atoms with E-state index >= 15 is 0 Å². The number of carbonyl (C=O) groups excluding carboxylic acids is 1. The summed E-state index contributed by atoms with van der Waals surface area (Å²) in [6.45, 7) is 2.38. The standard InChI is InChI=1S/C21H26N2O5S/c1-5-18(28-20-9-7-6-8-19(20)27-4)21(24)23-13-12-15-14-16(10-11-17(15)23)29(25,26)22(2)3/h6-11,14,18H,5,12-13H2,1-4H3/t18-/m0/s1. The highest BCUT2D eigenvalue weighted by Crippen LogP contribution is 2.33. The fourth-order valence-electron chi connectivity index (χ4n) is 3.33. The van der Waals surface area contributed by atoms with Crippen LogP contribution in [0.4, 0.5) is 5.69 Å². The number of hydrogen-bond acceptors (Lipinski definition) is 5. The first-order valence-corrected chi connectivity index (χ1v) is 10.9. The number of amides is 1. The van der Waals surface area contributed by atoms with Crippen LogP contribution in [-0.4, -0.2) is 52.5 Å². The molecule has 7 nitrogen and oxygen atoms in total. The minimum absolute atomic E-state index is 0.152. The molecule has 0 radical (unpaired) electrons. The van der Waals surface area contributed by atoms with Crippen LogP contribution in [0.3, 0.4) is 0 Å². The predicted octanol–water partition coefficient (Wildman–Crippen LogP) is 2.69. The highest BCUT2D eigenvalue weighted by atomic mass is 32.2. The van der Waals surface area contributed by atoms with Crippen LogP contribution in [0, 0.1) is 0 Å². The van der Waals surface area contributed by atoms with Crippen molar-refractivity contribution in [3.63, 3.8) is 0 Å². The zero-order chi connectivity index (χ0) is 21.2. The molecule has 0 N–H and O–H groups in total. The van der Waals surface area contributed by atoms with E-state index in [1.54, 1.807) is 42.3 Å². The van der Waals surface area contributed by atoms with Gasteiger partial charge in [0.2, 0.25) is 10.0 Å². The third kappa shape index (κ3) is 4.09. The van der Waals surface area contributed by atoms with Gasteiger partial charge in [0.25, 0.3) is 5.91 Å². The number of benzene rings is 2. The molecule has 0 aromatic heterocycles. The molecule has 1 heterocycles. The second kappa shape index (κ2) is 8.42. The first-order valence-electron chi connectivity index (χ1n) is 9.46. The molecule has 0 aliphatic carbocycles. The zero-order valence-electron chi connectivity index (χ0n) is 17.1. The molecule has 29 heavy (non-hydrogen) atoms. The maximum atomic E-state index is 13.2. The molecular weight excluding hydrogens is 392 g/mol. The molecule has 8 heteroatoms. The van der Waals surface area contributed by atoms with Crippen LogP contribution < -0.4 is 14.4 Å². The van der Waals surface area contributed by atoms with E-state index in [0.29, 0.717) is 30.9 Å². The first-order chi connectivity index (χ1) is 13.8. The summed E-state index contributed by atoms with van der Waals surface area (Å²) in [6.07, 6.45) is 0.432. The number of methoxy groups -OCH3 is 1. The summed E-state index contributed by atoms with van der Waals surface area (Å²) >= 11 is 0. The number of sulfonamides is 1. The Morgan fingerprint density at radius 3 is 2.48 bits per heavy atom. The molecule has 156 valence electrons. The van der Waals surface area contributed by atoms with Crippen molar-refractivity contribution in [3.05, 3.63) is 48.0 Å². The average Bonchev–Trinajstić information content (AvgIpc) is 3.14. The van der Waals surface area contributed by atoms with Crippen molar-refractivity contribution in [3.8, 4) is 11.5 Å². The van der Waals surface area contributed by atoms with E-state index < -0.39 is 16.1 Å². The third-order valence-electron chi connectivity index (χ3n) is 4.98.